The van der Waals surface area contributed by atoms with Crippen molar-refractivity contribution in [1.82, 2.24) is 25.0 Å². The van der Waals surface area contributed by atoms with E-state index >= 15 is 0 Å². The molecule has 0 bridgehead atoms. The monoisotopic (exact) mass is 359 g/mol. The molecule has 1 saturated heterocycles. The third kappa shape index (κ3) is 2.79. The second-order valence-electron chi connectivity index (χ2n) is 7.27. The van der Waals surface area contributed by atoms with Gasteiger partial charge in [0.05, 0.1) is 17.8 Å². The highest BCUT2D eigenvalue weighted by Gasteiger charge is 2.55. The first-order chi connectivity index (χ1) is 12.5. The second kappa shape index (κ2) is 6.26. The van der Waals surface area contributed by atoms with Crippen LogP contribution in [0.1, 0.15) is 41.7 Å². The quantitative estimate of drug-likeness (QED) is 0.870. The summed E-state index contributed by atoms with van der Waals surface area (Å²) in [4.78, 5) is 29.7. The third-order valence-corrected chi connectivity index (χ3v) is 5.57. The molecule has 1 atom stereocenters. The average molecular weight is 359 g/mol. The van der Waals surface area contributed by atoms with Gasteiger partial charge >= 0.3 is 0 Å². The van der Waals surface area contributed by atoms with Crippen LogP contribution in [0.5, 0.6) is 0 Å². The number of amides is 2. The van der Waals surface area contributed by atoms with Crippen LogP contribution < -0.4 is 5.32 Å². The van der Waals surface area contributed by atoms with Crippen molar-refractivity contribution in [3.8, 4) is 0 Å². The molecule has 0 aromatic carbocycles. The molecule has 1 unspecified atom stereocenters. The number of nitrogens with one attached hydrogen (secondary N) is 2. The Bertz CT molecular complexity index is 838. The minimum absolute atomic E-state index is 0.0795. The van der Waals surface area contributed by atoms with E-state index in [1.807, 2.05) is 18.0 Å². The number of halogens is 1. The zero-order valence-electron chi connectivity index (χ0n) is 14.7. The van der Waals surface area contributed by atoms with Crippen LogP contribution in [-0.4, -0.2) is 49.6 Å². The largest absolute Gasteiger partial charge is 0.355 e. The molecule has 4 rings (SSSR count). The van der Waals surface area contributed by atoms with Gasteiger partial charge in [0.1, 0.15) is 18.1 Å². The molecule has 3 heterocycles. The van der Waals surface area contributed by atoms with Crippen LogP contribution in [-0.2, 0) is 11.3 Å². The molecule has 138 valence electrons. The first kappa shape index (κ1) is 16.8. The standard InChI is InChI=1S/C18H22FN5O2/c1-12-8-21-23(10-12)11-16(25)22-15-3-6-24(18(15)4-2-5-18)17(26)14-7-13(19)9-20-14/h7-10,15,20H,2-6,11H2,1H3,(H,22,25). The number of rotatable bonds is 4. The normalized spacial score (nSPS) is 21.0. The number of hydrogen-bond acceptors (Lipinski definition) is 3. The average Bonchev–Trinajstić information content (AvgIpc) is 3.25. The molecule has 1 aliphatic carbocycles. The minimum atomic E-state index is -0.449. The van der Waals surface area contributed by atoms with Crippen molar-refractivity contribution in [3.63, 3.8) is 0 Å². The highest BCUT2D eigenvalue weighted by molar-refractivity contribution is 5.93. The lowest BCUT2D eigenvalue weighted by atomic mass is 9.71. The predicted molar refractivity (Wildman–Crippen MR) is 91.9 cm³/mol. The molecule has 2 aliphatic rings. The molecular formula is C18H22FN5O2. The van der Waals surface area contributed by atoms with Gasteiger partial charge in [-0.3, -0.25) is 14.3 Å². The molecule has 2 amide bonds. The van der Waals surface area contributed by atoms with E-state index < -0.39 is 5.82 Å². The van der Waals surface area contributed by atoms with E-state index in [-0.39, 0.29) is 35.6 Å². The van der Waals surface area contributed by atoms with Gasteiger partial charge in [-0.1, -0.05) is 0 Å². The molecule has 0 radical (unpaired) electrons. The van der Waals surface area contributed by atoms with E-state index in [1.54, 1.807) is 10.9 Å². The van der Waals surface area contributed by atoms with Gasteiger partial charge in [-0.2, -0.15) is 5.10 Å². The van der Waals surface area contributed by atoms with Gasteiger partial charge in [-0.15, -0.1) is 0 Å². The maximum atomic E-state index is 13.3. The summed E-state index contributed by atoms with van der Waals surface area (Å²) in [5.41, 5.74) is 0.908. The Labute approximate surface area is 150 Å². The fraction of sp³-hybridized carbons (Fsp3) is 0.500. The van der Waals surface area contributed by atoms with Crippen molar-refractivity contribution in [2.24, 2.45) is 0 Å². The molecule has 26 heavy (non-hydrogen) atoms. The van der Waals surface area contributed by atoms with E-state index in [0.717, 1.165) is 24.8 Å². The number of H-pyrrole nitrogens is 1. The number of hydrogen-bond donors (Lipinski definition) is 2. The summed E-state index contributed by atoms with van der Waals surface area (Å²) in [6, 6.07) is 1.14. The predicted octanol–water partition coefficient (Wildman–Crippen LogP) is 1.61. The fourth-order valence-corrected chi connectivity index (χ4v) is 4.18. The van der Waals surface area contributed by atoms with Gasteiger partial charge in [0, 0.05) is 25.0 Å². The summed E-state index contributed by atoms with van der Waals surface area (Å²) >= 11 is 0. The number of aryl methyl sites for hydroxylation is 1. The van der Waals surface area contributed by atoms with Crippen molar-refractivity contribution < 1.29 is 14.0 Å². The summed E-state index contributed by atoms with van der Waals surface area (Å²) in [7, 11) is 0. The second-order valence-corrected chi connectivity index (χ2v) is 7.27. The molecule has 1 aliphatic heterocycles. The van der Waals surface area contributed by atoms with E-state index in [2.05, 4.69) is 15.4 Å². The molecule has 7 nitrogen and oxygen atoms in total. The lowest BCUT2D eigenvalue weighted by Gasteiger charge is -2.49. The van der Waals surface area contributed by atoms with E-state index in [1.165, 1.54) is 12.3 Å². The molecule has 2 N–H and O–H groups in total. The van der Waals surface area contributed by atoms with Crippen LogP contribution in [0.4, 0.5) is 4.39 Å². The van der Waals surface area contributed by atoms with Gasteiger partial charge < -0.3 is 15.2 Å². The maximum Gasteiger partial charge on any atom is 0.270 e. The van der Waals surface area contributed by atoms with E-state index in [0.29, 0.717) is 13.0 Å². The summed E-state index contributed by atoms with van der Waals surface area (Å²) in [5, 5.41) is 7.23. The molecular weight excluding hydrogens is 337 g/mol. The number of carbonyl (C=O) groups is 2. The lowest BCUT2D eigenvalue weighted by molar-refractivity contribution is -0.123. The van der Waals surface area contributed by atoms with Crippen LogP contribution in [0.25, 0.3) is 0 Å². The molecule has 2 fully saturated rings. The zero-order chi connectivity index (χ0) is 18.3. The van der Waals surface area contributed by atoms with Crippen molar-refractivity contribution >= 4 is 11.8 Å². The SMILES string of the molecule is Cc1cnn(CC(=O)NC2CCN(C(=O)c3cc(F)c[nH]3)C23CCC3)c1. The third-order valence-electron chi connectivity index (χ3n) is 5.57. The summed E-state index contributed by atoms with van der Waals surface area (Å²) in [5.74, 6) is -0.757. The van der Waals surface area contributed by atoms with Crippen molar-refractivity contribution in [3.05, 3.63) is 41.7 Å². The van der Waals surface area contributed by atoms with Gasteiger partial charge in [-0.25, -0.2) is 4.39 Å². The number of carbonyl (C=O) groups excluding carboxylic acids is 2. The van der Waals surface area contributed by atoms with Gasteiger partial charge in [-0.05, 0) is 38.2 Å². The lowest BCUT2D eigenvalue weighted by Crippen LogP contribution is -2.62. The molecule has 2 aromatic heterocycles. The van der Waals surface area contributed by atoms with E-state index in [4.69, 9.17) is 0 Å². The van der Waals surface area contributed by atoms with Crippen molar-refractivity contribution in [2.45, 2.75) is 50.7 Å². The first-order valence-corrected chi connectivity index (χ1v) is 8.92. The number of nitrogens with zero attached hydrogens (tertiary/aromatic N) is 3. The highest BCUT2D eigenvalue weighted by Crippen LogP contribution is 2.46. The maximum absolute atomic E-state index is 13.3. The molecule has 8 heteroatoms. The summed E-state index contributed by atoms with van der Waals surface area (Å²) in [6.45, 7) is 2.65. The minimum Gasteiger partial charge on any atom is -0.355 e. The fourth-order valence-electron chi connectivity index (χ4n) is 4.18. The van der Waals surface area contributed by atoms with E-state index in [9.17, 15) is 14.0 Å². The smallest absolute Gasteiger partial charge is 0.270 e. The Morgan fingerprint density at radius 1 is 1.46 bits per heavy atom. The summed E-state index contributed by atoms with van der Waals surface area (Å²) < 4.78 is 14.9. The van der Waals surface area contributed by atoms with Crippen molar-refractivity contribution in [1.29, 1.82) is 0 Å². The van der Waals surface area contributed by atoms with Crippen molar-refractivity contribution in [2.75, 3.05) is 6.54 Å². The van der Waals surface area contributed by atoms with Crippen LogP contribution >= 0.6 is 0 Å². The topological polar surface area (TPSA) is 83.0 Å². The molecule has 1 saturated carbocycles. The van der Waals surface area contributed by atoms with Gasteiger partial charge in [0.25, 0.3) is 5.91 Å². The van der Waals surface area contributed by atoms with Gasteiger partial charge in [0.2, 0.25) is 5.91 Å². The Morgan fingerprint density at radius 2 is 2.27 bits per heavy atom. The Kier molecular flexibility index (Phi) is 4.05. The highest BCUT2D eigenvalue weighted by atomic mass is 19.1. The van der Waals surface area contributed by atoms with Crippen LogP contribution in [0, 0.1) is 12.7 Å². The number of aromatic nitrogens is 3. The van der Waals surface area contributed by atoms with Crippen LogP contribution in [0.15, 0.2) is 24.7 Å². The molecule has 2 aromatic rings. The van der Waals surface area contributed by atoms with Crippen LogP contribution in [0.3, 0.4) is 0 Å². The van der Waals surface area contributed by atoms with Gasteiger partial charge in [0.15, 0.2) is 0 Å². The van der Waals surface area contributed by atoms with Crippen LogP contribution in [0.2, 0.25) is 0 Å². The Morgan fingerprint density at radius 3 is 2.85 bits per heavy atom. The first-order valence-electron chi connectivity index (χ1n) is 8.92. The number of aromatic amines is 1. The number of likely N-dealkylation sites (tertiary alicyclic amines) is 1. The Hall–Kier alpha value is -2.64. The summed E-state index contributed by atoms with van der Waals surface area (Å²) in [6.07, 6.45) is 8.16. The Balaban J connectivity index is 1.46. The molecule has 1 spiro atoms. The zero-order valence-corrected chi connectivity index (χ0v) is 14.7.